The fourth-order valence-corrected chi connectivity index (χ4v) is 1.05. The minimum absolute atomic E-state index is 0.394. The van der Waals surface area contributed by atoms with Crippen LogP contribution in [0.15, 0.2) is 35.5 Å². The van der Waals surface area contributed by atoms with Gasteiger partial charge in [0.2, 0.25) is 0 Å². The van der Waals surface area contributed by atoms with Crippen molar-refractivity contribution in [3.05, 3.63) is 36.1 Å². The summed E-state index contributed by atoms with van der Waals surface area (Å²) in [4.78, 5) is 12.1. The van der Waals surface area contributed by atoms with Crippen molar-refractivity contribution in [1.29, 1.82) is 0 Å². The molecule has 15 heavy (non-hydrogen) atoms. The van der Waals surface area contributed by atoms with Crippen LogP contribution >= 0.6 is 0 Å². The highest BCUT2D eigenvalue weighted by Gasteiger charge is 1.97. The maximum Gasteiger partial charge on any atom is 0.115 e. The molecule has 0 atom stereocenters. The van der Waals surface area contributed by atoms with Gasteiger partial charge in [0.1, 0.15) is 6.33 Å². The second-order valence-electron chi connectivity index (χ2n) is 3.54. The third kappa shape index (κ3) is 3.89. The van der Waals surface area contributed by atoms with Crippen molar-refractivity contribution in [2.45, 2.75) is 20.4 Å². The third-order valence-electron chi connectivity index (χ3n) is 1.99. The maximum atomic E-state index is 5.48. The lowest BCUT2D eigenvalue weighted by atomic mass is 10.1. The molecule has 0 aliphatic heterocycles. The molecule has 1 aromatic rings. The number of nitrogens with zero attached hydrogens (tertiary/aromatic N) is 3. The quantitative estimate of drug-likeness (QED) is 0.757. The average Bonchev–Trinajstić information content (AvgIpc) is 2.25. The van der Waals surface area contributed by atoms with E-state index in [0.717, 1.165) is 11.1 Å². The van der Waals surface area contributed by atoms with Gasteiger partial charge in [-0.1, -0.05) is 13.8 Å². The van der Waals surface area contributed by atoms with Crippen molar-refractivity contribution in [2.75, 3.05) is 0 Å². The molecule has 1 rings (SSSR count). The Hall–Kier alpha value is -1.71. The highest BCUT2D eigenvalue weighted by atomic mass is 14.8. The largest absolute Gasteiger partial charge is 0.404 e. The number of nitrogens with two attached hydrogens (primary N) is 1. The first-order valence-corrected chi connectivity index (χ1v) is 4.89. The molecule has 0 unspecified atom stereocenters. The zero-order valence-corrected chi connectivity index (χ0v) is 9.09. The van der Waals surface area contributed by atoms with Gasteiger partial charge in [-0.2, -0.15) is 0 Å². The Morgan fingerprint density at radius 3 is 2.67 bits per heavy atom. The molecule has 0 spiro atoms. The molecule has 0 radical (unpaired) electrons. The van der Waals surface area contributed by atoms with E-state index >= 15 is 0 Å². The van der Waals surface area contributed by atoms with Crippen molar-refractivity contribution in [2.24, 2.45) is 16.6 Å². The molecule has 0 bridgehead atoms. The van der Waals surface area contributed by atoms with Gasteiger partial charge in [0.15, 0.2) is 0 Å². The van der Waals surface area contributed by atoms with Gasteiger partial charge >= 0.3 is 0 Å². The van der Waals surface area contributed by atoms with Gasteiger partial charge in [-0.15, -0.1) is 0 Å². The van der Waals surface area contributed by atoms with Crippen molar-refractivity contribution >= 4 is 6.21 Å². The van der Waals surface area contributed by atoms with Crippen LogP contribution in [-0.4, -0.2) is 16.2 Å². The van der Waals surface area contributed by atoms with Gasteiger partial charge in [0.25, 0.3) is 0 Å². The summed E-state index contributed by atoms with van der Waals surface area (Å²) in [6.45, 7) is 4.75. The fourth-order valence-electron chi connectivity index (χ4n) is 1.05. The molecule has 4 heteroatoms. The van der Waals surface area contributed by atoms with Gasteiger partial charge in [-0.25, -0.2) is 9.97 Å². The number of aliphatic imine (C=N–C) groups is 1. The normalized spacial score (nSPS) is 12.6. The summed E-state index contributed by atoms with van der Waals surface area (Å²) in [5.74, 6) is 0.394. The second kappa shape index (κ2) is 5.90. The number of aromatic nitrogens is 2. The lowest BCUT2D eigenvalue weighted by molar-refractivity contribution is 0.802. The fraction of sp³-hybridized carbons (Fsp3) is 0.364. The Morgan fingerprint density at radius 1 is 1.47 bits per heavy atom. The Labute approximate surface area is 90.0 Å². The van der Waals surface area contributed by atoms with E-state index in [0.29, 0.717) is 12.5 Å². The van der Waals surface area contributed by atoms with Gasteiger partial charge in [-0.05, 0) is 17.7 Å². The average molecular weight is 204 g/mol. The molecule has 0 aromatic carbocycles. The predicted molar refractivity (Wildman–Crippen MR) is 61.3 cm³/mol. The number of allylic oxidation sites excluding steroid dienone is 1. The van der Waals surface area contributed by atoms with Crippen LogP contribution in [0.25, 0.3) is 0 Å². The van der Waals surface area contributed by atoms with E-state index in [1.54, 1.807) is 24.8 Å². The lowest BCUT2D eigenvalue weighted by Crippen LogP contribution is -1.99. The molecule has 0 aliphatic rings. The summed E-state index contributed by atoms with van der Waals surface area (Å²) < 4.78 is 0. The Balaban J connectivity index is 2.53. The predicted octanol–water partition coefficient (Wildman–Crippen LogP) is 1.55. The summed E-state index contributed by atoms with van der Waals surface area (Å²) in [7, 11) is 0. The van der Waals surface area contributed by atoms with Gasteiger partial charge in [-0.3, -0.25) is 4.99 Å². The van der Waals surface area contributed by atoms with Crippen LogP contribution in [-0.2, 0) is 6.54 Å². The number of rotatable bonds is 4. The van der Waals surface area contributed by atoms with E-state index < -0.39 is 0 Å². The van der Waals surface area contributed by atoms with Crippen molar-refractivity contribution in [3.8, 4) is 0 Å². The van der Waals surface area contributed by atoms with E-state index in [2.05, 4.69) is 28.8 Å². The van der Waals surface area contributed by atoms with Crippen LogP contribution in [0.2, 0.25) is 0 Å². The zero-order chi connectivity index (χ0) is 11.1. The van der Waals surface area contributed by atoms with E-state index in [-0.39, 0.29) is 0 Å². The summed E-state index contributed by atoms with van der Waals surface area (Å²) in [5.41, 5.74) is 7.50. The van der Waals surface area contributed by atoms with E-state index in [1.807, 2.05) is 0 Å². The Bertz CT molecular complexity index is 341. The molecule has 80 valence electrons. The molecule has 0 aliphatic carbocycles. The Morgan fingerprint density at radius 2 is 2.13 bits per heavy atom. The van der Waals surface area contributed by atoms with Crippen LogP contribution in [0.1, 0.15) is 19.4 Å². The third-order valence-corrected chi connectivity index (χ3v) is 1.99. The molecule has 0 fully saturated rings. The van der Waals surface area contributed by atoms with E-state index in [9.17, 15) is 0 Å². The molecule has 0 saturated heterocycles. The van der Waals surface area contributed by atoms with E-state index in [1.165, 1.54) is 6.33 Å². The highest BCUT2D eigenvalue weighted by molar-refractivity contribution is 5.78. The van der Waals surface area contributed by atoms with Gasteiger partial charge in [0.05, 0.1) is 6.54 Å². The summed E-state index contributed by atoms with van der Waals surface area (Å²) in [5, 5.41) is 0. The van der Waals surface area contributed by atoms with Crippen LogP contribution in [0, 0.1) is 5.92 Å². The maximum absolute atomic E-state index is 5.48. The topological polar surface area (TPSA) is 64.2 Å². The molecule has 2 N–H and O–H groups in total. The SMILES string of the molecule is CC(C)/C(C=NCc1cncnc1)=C/N. The smallest absolute Gasteiger partial charge is 0.115 e. The first-order valence-electron chi connectivity index (χ1n) is 4.89. The first kappa shape index (κ1) is 11.4. The molecular weight excluding hydrogens is 188 g/mol. The molecule has 0 amide bonds. The number of hydrogen-bond donors (Lipinski definition) is 1. The minimum atomic E-state index is 0.394. The molecular formula is C11H16N4. The summed E-state index contributed by atoms with van der Waals surface area (Å²) >= 11 is 0. The molecule has 4 nitrogen and oxygen atoms in total. The summed E-state index contributed by atoms with van der Waals surface area (Å²) in [6.07, 6.45) is 8.41. The van der Waals surface area contributed by atoms with Crippen molar-refractivity contribution in [1.82, 2.24) is 9.97 Å². The van der Waals surface area contributed by atoms with Crippen LogP contribution in [0.5, 0.6) is 0 Å². The van der Waals surface area contributed by atoms with Crippen LogP contribution in [0.4, 0.5) is 0 Å². The van der Waals surface area contributed by atoms with Crippen LogP contribution in [0.3, 0.4) is 0 Å². The summed E-state index contributed by atoms with van der Waals surface area (Å²) in [6, 6.07) is 0. The Kier molecular flexibility index (Phi) is 4.47. The second-order valence-corrected chi connectivity index (χ2v) is 3.54. The van der Waals surface area contributed by atoms with Crippen LogP contribution < -0.4 is 5.73 Å². The van der Waals surface area contributed by atoms with Gasteiger partial charge < -0.3 is 5.73 Å². The lowest BCUT2D eigenvalue weighted by Gasteiger charge is -2.03. The van der Waals surface area contributed by atoms with E-state index in [4.69, 9.17) is 5.73 Å². The van der Waals surface area contributed by atoms with Crippen molar-refractivity contribution < 1.29 is 0 Å². The molecule has 1 heterocycles. The van der Waals surface area contributed by atoms with Crippen molar-refractivity contribution in [3.63, 3.8) is 0 Å². The highest BCUT2D eigenvalue weighted by Crippen LogP contribution is 2.05. The van der Waals surface area contributed by atoms with Gasteiger partial charge in [0, 0.05) is 24.2 Å². The molecule has 0 saturated carbocycles. The number of hydrogen-bond acceptors (Lipinski definition) is 4. The first-order chi connectivity index (χ1) is 7.24. The monoisotopic (exact) mass is 204 g/mol. The standard InChI is InChI=1S/C11H16N4/c1-9(2)11(3-12)7-13-4-10-5-14-8-15-6-10/h3,5-9H,4,12H2,1-2H3/b11-3+,13-7?. The zero-order valence-electron chi connectivity index (χ0n) is 9.09. The molecule has 1 aromatic heterocycles. The minimum Gasteiger partial charge on any atom is -0.404 e.